The van der Waals surface area contributed by atoms with Crippen molar-refractivity contribution in [1.82, 2.24) is 5.32 Å². The van der Waals surface area contributed by atoms with Crippen molar-refractivity contribution in [2.75, 3.05) is 27.8 Å². The summed E-state index contributed by atoms with van der Waals surface area (Å²) in [4.78, 5) is 10.6. The van der Waals surface area contributed by atoms with E-state index in [0.717, 1.165) is 4.48 Å². The lowest BCUT2D eigenvalue weighted by Gasteiger charge is -2.23. The predicted molar refractivity (Wildman–Crippen MR) is 41.2 cm³/mol. The zero-order chi connectivity index (χ0) is 8.20. The summed E-state index contributed by atoms with van der Waals surface area (Å²) in [5, 5.41) is 2.69. The molecule has 0 saturated carbocycles. The van der Waals surface area contributed by atoms with Crippen LogP contribution < -0.4 is 17.7 Å². The van der Waals surface area contributed by atoms with Crippen LogP contribution in [-0.2, 0) is 4.79 Å². The molecule has 1 N–H and O–H groups in total. The molecule has 1 amide bonds. The second-order valence-corrected chi connectivity index (χ2v) is 3.19. The minimum Gasteiger partial charge on any atom is -1.00 e. The zero-order valence-corrected chi connectivity index (χ0v) is 7.98. The van der Waals surface area contributed by atoms with Gasteiger partial charge in [0.2, 0.25) is 5.91 Å². The van der Waals surface area contributed by atoms with Crippen molar-refractivity contribution in [2.24, 2.45) is 0 Å². The number of hydrogen-bond acceptors (Lipinski definition) is 1. The Bertz CT molecular complexity index is 140. The molecule has 0 aliphatic rings. The quantitative estimate of drug-likeness (QED) is 0.278. The van der Waals surface area contributed by atoms with E-state index in [1.54, 1.807) is 0 Å². The van der Waals surface area contributed by atoms with Crippen LogP contribution in [0.5, 0.6) is 0 Å². The second kappa shape index (κ2) is 5.16. The zero-order valence-electron chi connectivity index (χ0n) is 7.22. The minimum atomic E-state index is -0.118. The third kappa shape index (κ3) is 9.46. The van der Waals surface area contributed by atoms with Gasteiger partial charge < -0.3 is 22.2 Å². The number of hydrogen-bond donors (Lipinski definition) is 1. The summed E-state index contributed by atoms with van der Waals surface area (Å²) in [6, 6.07) is 0. The second-order valence-electron chi connectivity index (χ2n) is 3.19. The van der Waals surface area contributed by atoms with Crippen LogP contribution in [0.3, 0.4) is 0 Å². The molecule has 0 bridgehead atoms. The van der Waals surface area contributed by atoms with Gasteiger partial charge in [-0.1, -0.05) is 6.58 Å². The van der Waals surface area contributed by atoms with Crippen LogP contribution >= 0.6 is 0 Å². The van der Waals surface area contributed by atoms with Crippen LogP contribution in [0.2, 0.25) is 0 Å². The normalized spacial score (nSPS) is 9.73. The van der Waals surface area contributed by atoms with E-state index in [1.807, 2.05) is 21.1 Å². The van der Waals surface area contributed by atoms with Crippen LogP contribution in [0.25, 0.3) is 0 Å². The largest absolute Gasteiger partial charge is 1.00 e. The molecule has 4 heteroatoms. The fourth-order valence-electron chi connectivity index (χ4n) is 0.387. The monoisotopic (exact) mass is 178 g/mol. The highest BCUT2D eigenvalue weighted by Crippen LogP contribution is 1.84. The molecule has 0 aromatic carbocycles. The molecule has 0 radical (unpaired) electrons. The Morgan fingerprint density at radius 1 is 1.55 bits per heavy atom. The maximum atomic E-state index is 10.6. The lowest BCUT2D eigenvalue weighted by atomic mass is 10.6. The van der Waals surface area contributed by atoms with Gasteiger partial charge in [0.05, 0.1) is 21.1 Å². The Morgan fingerprint density at radius 2 is 2.00 bits per heavy atom. The van der Waals surface area contributed by atoms with Crippen molar-refractivity contribution >= 4 is 5.91 Å². The molecule has 0 aliphatic carbocycles. The topological polar surface area (TPSA) is 29.1 Å². The van der Waals surface area contributed by atoms with Gasteiger partial charge in [-0.2, -0.15) is 0 Å². The highest BCUT2D eigenvalue weighted by molar-refractivity contribution is 5.86. The Kier molecular flexibility index (Phi) is 6.13. The van der Waals surface area contributed by atoms with Crippen molar-refractivity contribution in [1.29, 1.82) is 0 Å². The molecule has 0 unspecified atom stereocenters. The Balaban J connectivity index is 0. The van der Waals surface area contributed by atoms with Crippen LogP contribution in [-0.4, -0.2) is 38.2 Å². The molecule has 0 atom stereocenters. The Labute approximate surface area is 74.1 Å². The number of halogens is 1. The maximum Gasteiger partial charge on any atom is 0.247 e. The third-order valence-corrected chi connectivity index (χ3v) is 0.913. The lowest BCUT2D eigenvalue weighted by molar-refractivity contribution is -0.872. The first-order valence-electron chi connectivity index (χ1n) is 3.16. The summed E-state index contributed by atoms with van der Waals surface area (Å²) in [5.41, 5.74) is 0. The molecule has 0 rings (SSSR count). The molecule has 0 aromatic rings. The van der Waals surface area contributed by atoms with Gasteiger partial charge in [0, 0.05) is 0 Å². The number of carbonyl (C=O) groups is 1. The number of quaternary nitrogens is 1. The third-order valence-electron chi connectivity index (χ3n) is 0.913. The predicted octanol–water partition coefficient (Wildman–Crippen LogP) is -3.04. The van der Waals surface area contributed by atoms with Crippen LogP contribution in [0.15, 0.2) is 12.7 Å². The van der Waals surface area contributed by atoms with Gasteiger partial charge >= 0.3 is 0 Å². The van der Waals surface area contributed by atoms with Gasteiger partial charge in [0.15, 0.2) is 6.67 Å². The first-order valence-corrected chi connectivity index (χ1v) is 3.16. The van der Waals surface area contributed by atoms with E-state index in [2.05, 4.69) is 11.9 Å². The minimum absolute atomic E-state index is 0. The van der Waals surface area contributed by atoms with Gasteiger partial charge in [-0.15, -0.1) is 0 Å². The first-order chi connectivity index (χ1) is 4.45. The summed E-state index contributed by atoms with van der Waals surface area (Å²) >= 11 is 0. The number of carbonyl (C=O) groups excluding carboxylic acids is 1. The fraction of sp³-hybridized carbons (Fsp3) is 0.571. The van der Waals surface area contributed by atoms with E-state index in [-0.39, 0.29) is 18.3 Å². The number of amides is 1. The number of nitrogens with one attached hydrogen (secondary N) is 1. The highest BCUT2D eigenvalue weighted by Gasteiger charge is 2.05. The molecule has 0 spiro atoms. The molecule has 66 valence electrons. The number of rotatable bonds is 3. The SMILES string of the molecule is C=CC(=O)NC[N+](C)(C)C.[Cl-]. The van der Waals surface area contributed by atoms with E-state index in [1.165, 1.54) is 6.08 Å². The molecule has 0 aliphatic heterocycles. The van der Waals surface area contributed by atoms with Crippen molar-refractivity contribution in [2.45, 2.75) is 0 Å². The summed E-state index contributed by atoms with van der Waals surface area (Å²) in [6.45, 7) is 3.97. The fourth-order valence-corrected chi connectivity index (χ4v) is 0.387. The maximum absolute atomic E-state index is 10.6. The van der Waals surface area contributed by atoms with E-state index >= 15 is 0 Å². The summed E-state index contributed by atoms with van der Waals surface area (Å²) in [7, 11) is 6.01. The molecule has 0 saturated heterocycles. The van der Waals surface area contributed by atoms with Crippen molar-refractivity contribution in [3.8, 4) is 0 Å². The lowest BCUT2D eigenvalue weighted by Crippen LogP contribution is -3.00. The van der Waals surface area contributed by atoms with Gasteiger partial charge in [0.25, 0.3) is 0 Å². The van der Waals surface area contributed by atoms with Gasteiger partial charge in [0.1, 0.15) is 0 Å². The standard InChI is InChI=1S/C7H14N2O.ClH/c1-5-7(10)8-6-9(2,3)4;/h5H,1,6H2,2-4H3;1H. The summed E-state index contributed by atoms with van der Waals surface area (Å²) < 4.78 is 0.722. The van der Waals surface area contributed by atoms with Crippen molar-refractivity contribution < 1.29 is 21.7 Å². The molecule has 0 aromatic heterocycles. The molecule has 3 nitrogen and oxygen atoms in total. The number of nitrogens with zero attached hydrogens (tertiary/aromatic N) is 1. The Hall–Kier alpha value is -0.540. The van der Waals surface area contributed by atoms with Crippen LogP contribution in [0, 0.1) is 0 Å². The first kappa shape index (κ1) is 13.1. The molecular weight excluding hydrogens is 164 g/mol. The van der Waals surface area contributed by atoms with Gasteiger partial charge in [-0.3, -0.25) is 4.79 Å². The van der Waals surface area contributed by atoms with Gasteiger partial charge in [-0.25, -0.2) is 0 Å². The van der Waals surface area contributed by atoms with Crippen molar-refractivity contribution in [3.05, 3.63) is 12.7 Å². The van der Waals surface area contributed by atoms with Crippen LogP contribution in [0.1, 0.15) is 0 Å². The van der Waals surface area contributed by atoms with Crippen molar-refractivity contribution in [3.63, 3.8) is 0 Å². The van der Waals surface area contributed by atoms with Crippen LogP contribution in [0.4, 0.5) is 0 Å². The van der Waals surface area contributed by atoms with E-state index in [4.69, 9.17) is 0 Å². The smallest absolute Gasteiger partial charge is 0.247 e. The molecular formula is C7H15ClN2O. The highest BCUT2D eigenvalue weighted by atomic mass is 35.5. The molecule has 11 heavy (non-hydrogen) atoms. The average molecular weight is 179 g/mol. The van der Waals surface area contributed by atoms with E-state index < -0.39 is 0 Å². The molecule has 0 fully saturated rings. The van der Waals surface area contributed by atoms with E-state index in [0.29, 0.717) is 6.67 Å². The summed E-state index contributed by atoms with van der Waals surface area (Å²) in [5.74, 6) is -0.118. The van der Waals surface area contributed by atoms with E-state index in [9.17, 15) is 4.79 Å². The average Bonchev–Trinajstić information content (AvgIpc) is 1.81. The molecule has 0 heterocycles. The summed E-state index contributed by atoms with van der Waals surface area (Å²) in [6.07, 6.45) is 1.27. The van der Waals surface area contributed by atoms with Gasteiger partial charge in [-0.05, 0) is 6.08 Å². The Morgan fingerprint density at radius 3 is 2.27 bits per heavy atom.